The predicted molar refractivity (Wildman–Crippen MR) is 175 cm³/mol. The largest absolute Gasteiger partial charge is 0.478 e. The minimum absolute atomic E-state index is 0. The monoisotopic (exact) mass is 590 g/mol. The number of benzene rings is 3. The molecule has 228 valence electrons. The SMILES string of the molecule is C.Cc1cc(C2CCN(C(=O)C3CC3)CC2)ccc1NC1CCc2cccc(-c3cccc(-n4ncc(C(=O)O)c4C)c3)c21. The predicted octanol–water partition coefficient (Wildman–Crippen LogP) is 7.71. The van der Waals surface area contributed by atoms with E-state index in [0.29, 0.717) is 23.4 Å². The number of aromatic carboxylic acids is 1. The average molecular weight is 591 g/mol. The molecule has 7 nitrogen and oxygen atoms in total. The second-order valence-electron chi connectivity index (χ2n) is 12.5. The number of carbonyl (C=O) groups excluding carboxylic acids is 1. The van der Waals surface area contributed by atoms with Crippen molar-refractivity contribution in [2.75, 3.05) is 18.4 Å². The number of hydrogen-bond donors (Lipinski definition) is 2. The standard InChI is InChI=1S/C36H38N4O3.CH4/c1-22-19-27(24-15-17-39(18-16-24)35(41)26-9-10-26)12-13-32(22)38-33-14-11-25-5-4-8-30(34(25)33)28-6-3-7-29(20-28)40-23(2)31(21-37-40)36(42)43;/h3-8,12-13,19-21,24,26,33,38H,9-11,14-18H2,1-2H3,(H,42,43);1H4. The lowest BCUT2D eigenvalue weighted by molar-refractivity contribution is -0.133. The van der Waals surface area contributed by atoms with Gasteiger partial charge in [0.25, 0.3) is 0 Å². The van der Waals surface area contributed by atoms with E-state index in [1.54, 1.807) is 11.6 Å². The number of likely N-dealkylation sites (tertiary alicyclic amines) is 1. The summed E-state index contributed by atoms with van der Waals surface area (Å²) in [4.78, 5) is 26.1. The molecule has 44 heavy (non-hydrogen) atoms. The Hall–Kier alpha value is -4.39. The van der Waals surface area contributed by atoms with Gasteiger partial charge in [-0.05, 0) is 110 Å². The molecule has 2 fully saturated rings. The normalized spacial score (nSPS) is 18.0. The van der Waals surface area contributed by atoms with Gasteiger partial charge < -0.3 is 15.3 Å². The molecule has 1 saturated carbocycles. The third-order valence-corrected chi connectivity index (χ3v) is 9.67. The minimum atomic E-state index is -0.969. The molecule has 0 bridgehead atoms. The summed E-state index contributed by atoms with van der Waals surface area (Å²) in [6, 6.07) is 21.8. The van der Waals surface area contributed by atoms with Crippen LogP contribution >= 0.6 is 0 Å². The Morgan fingerprint density at radius 2 is 1.70 bits per heavy atom. The van der Waals surface area contributed by atoms with Crippen LogP contribution in [0.25, 0.3) is 16.8 Å². The minimum Gasteiger partial charge on any atom is -0.478 e. The molecule has 4 aromatic rings. The van der Waals surface area contributed by atoms with Crippen LogP contribution in [0.1, 0.15) is 89.8 Å². The van der Waals surface area contributed by atoms with Gasteiger partial charge in [-0.15, -0.1) is 0 Å². The molecule has 1 unspecified atom stereocenters. The Balaban J connectivity index is 0.00000343. The summed E-state index contributed by atoms with van der Waals surface area (Å²) in [7, 11) is 0. The van der Waals surface area contributed by atoms with Crippen LogP contribution in [-0.4, -0.2) is 44.8 Å². The van der Waals surface area contributed by atoms with Gasteiger partial charge in [0.05, 0.1) is 23.6 Å². The number of amides is 1. The fourth-order valence-corrected chi connectivity index (χ4v) is 7.08. The topological polar surface area (TPSA) is 87.5 Å². The molecular weight excluding hydrogens is 548 g/mol. The molecule has 3 aliphatic rings. The highest BCUT2D eigenvalue weighted by molar-refractivity contribution is 5.88. The van der Waals surface area contributed by atoms with Gasteiger partial charge in [0.1, 0.15) is 5.56 Å². The van der Waals surface area contributed by atoms with Crippen molar-refractivity contribution in [3.8, 4) is 16.8 Å². The Bertz CT molecular complexity index is 1710. The van der Waals surface area contributed by atoms with Crippen molar-refractivity contribution >= 4 is 17.6 Å². The summed E-state index contributed by atoms with van der Waals surface area (Å²) in [5.41, 5.74) is 10.5. The lowest BCUT2D eigenvalue weighted by atomic mass is 9.88. The third kappa shape index (κ3) is 5.51. The van der Waals surface area contributed by atoms with Gasteiger partial charge in [-0.3, -0.25) is 4.79 Å². The van der Waals surface area contributed by atoms with Crippen molar-refractivity contribution in [2.24, 2.45) is 5.92 Å². The van der Waals surface area contributed by atoms with E-state index < -0.39 is 5.97 Å². The molecule has 7 rings (SSSR count). The first-order chi connectivity index (χ1) is 20.9. The first-order valence-electron chi connectivity index (χ1n) is 15.5. The number of fused-ring (bicyclic) bond motifs is 1. The van der Waals surface area contributed by atoms with Crippen LogP contribution in [0, 0.1) is 19.8 Å². The van der Waals surface area contributed by atoms with Crippen LogP contribution in [0.2, 0.25) is 0 Å². The molecule has 1 aromatic heterocycles. The molecule has 1 amide bonds. The van der Waals surface area contributed by atoms with Crippen LogP contribution in [0.4, 0.5) is 5.69 Å². The van der Waals surface area contributed by atoms with E-state index in [0.717, 1.165) is 62.9 Å². The molecule has 1 aliphatic heterocycles. The maximum Gasteiger partial charge on any atom is 0.339 e. The highest BCUT2D eigenvalue weighted by Crippen LogP contribution is 2.42. The zero-order valence-corrected chi connectivity index (χ0v) is 24.8. The number of rotatable bonds is 7. The Morgan fingerprint density at radius 3 is 2.41 bits per heavy atom. The number of nitrogens with zero attached hydrogens (tertiary/aromatic N) is 3. The molecule has 3 aromatic carbocycles. The van der Waals surface area contributed by atoms with E-state index in [1.807, 2.05) is 12.1 Å². The number of carboxylic acids is 1. The van der Waals surface area contributed by atoms with Gasteiger partial charge in [0, 0.05) is 24.7 Å². The van der Waals surface area contributed by atoms with Crippen LogP contribution in [0.3, 0.4) is 0 Å². The first kappa shape index (κ1) is 29.7. The van der Waals surface area contributed by atoms with Gasteiger partial charge >= 0.3 is 5.97 Å². The second kappa shape index (κ2) is 11.9. The van der Waals surface area contributed by atoms with Crippen molar-refractivity contribution in [1.29, 1.82) is 0 Å². The van der Waals surface area contributed by atoms with E-state index in [4.69, 9.17) is 0 Å². The number of hydrogen-bond acceptors (Lipinski definition) is 4. The average Bonchev–Trinajstić information content (AvgIpc) is 3.68. The lowest BCUT2D eigenvalue weighted by Gasteiger charge is -2.32. The van der Waals surface area contributed by atoms with E-state index in [1.165, 1.54) is 39.7 Å². The third-order valence-electron chi connectivity index (χ3n) is 9.67. The van der Waals surface area contributed by atoms with Crippen molar-refractivity contribution in [2.45, 2.75) is 71.8 Å². The summed E-state index contributed by atoms with van der Waals surface area (Å²) in [6.07, 6.45) is 7.70. The highest BCUT2D eigenvalue weighted by atomic mass is 16.4. The quantitative estimate of drug-likeness (QED) is 0.230. The molecule has 2 aliphatic carbocycles. The molecule has 7 heteroatoms. The Morgan fingerprint density at radius 1 is 0.932 bits per heavy atom. The smallest absolute Gasteiger partial charge is 0.339 e. The molecule has 2 N–H and O–H groups in total. The maximum absolute atomic E-state index is 12.5. The molecular formula is C37H42N4O3. The number of carbonyl (C=O) groups is 2. The van der Waals surface area contributed by atoms with E-state index in [2.05, 4.69) is 70.8 Å². The summed E-state index contributed by atoms with van der Waals surface area (Å²) in [6.45, 7) is 5.74. The number of anilines is 1. The Labute approximate surface area is 259 Å². The second-order valence-corrected chi connectivity index (χ2v) is 12.5. The number of aryl methyl sites for hydroxylation is 2. The van der Waals surface area contributed by atoms with Crippen LogP contribution < -0.4 is 5.32 Å². The maximum atomic E-state index is 12.5. The summed E-state index contributed by atoms with van der Waals surface area (Å²) in [5.74, 6) is 0.221. The fraction of sp³-hybridized carbons (Fsp3) is 0.378. The lowest BCUT2D eigenvalue weighted by Crippen LogP contribution is -2.38. The zero-order valence-electron chi connectivity index (χ0n) is 24.8. The van der Waals surface area contributed by atoms with Gasteiger partial charge in [0.2, 0.25) is 5.91 Å². The summed E-state index contributed by atoms with van der Waals surface area (Å²) >= 11 is 0. The van der Waals surface area contributed by atoms with Gasteiger partial charge in [-0.1, -0.05) is 49.9 Å². The number of aromatic nitrogens is 2. The fourth-order valence-electron chi connectivity index (χ4n) is 7.08. The van der Waals surface area contributed by atoms with Gasteiger partial charge in [0.15, 0.2) is 0 Å². The van der Waals surface area contributed by atoms with Crippen molar-refractivity contribution < 1.29 is 14.7 Å². The van der Waals surface area contributed by atoms with Crippen molar-refractivity contribution in [3.63, 3.8) is 0 Å². The van der Waals surface area contributed by atoms with Crippen LogP contribution in [-0.2, 0) is 11.2 Å². The molecule has 0 radical (unpaired) electrons. The van der Waals surface area contributed by atoms with E-state index in [-0.39, 0.29) is 19.0 Å². The highest BCUT2D eigenvalue weighted by Gasteiger charge is 2.35. The van der Waals surface area contributed by atoms with Gasteiger partial charge in [-0.2, -0.15) is 5.10 Å². The summed E-state index contributed by atoms with van der Waals surface area (Å²) in [5, 5.41) is 17.7. The molecule has 2 heterocycles. The van der Waals surface area contributed by atoms with Crippen LogP contribution in [0.15, 0.2) is 66.9 Å². The van der Waals surface area contributed by atoms with Gasteiger partial charge in [-0.25, -0.2) is 9.48 Å². The van der Waals surface area contributed by atoms with E-state index in [9.17, 15) is 14.7 Å². The van der Waals surface area contributed by atoms with Crippen LogP contribution in [0.5, 0.6) is 0 Å². The number of nitrogens with one attached hydrogen (secondary N) is 1. The summed E-state index contributed by atoms with van der Waals surface area (Å²) < 4.78 is 1.70. The zero-order chi connectivity index (χ0) is 29.7. The van der Waals surface area contributed by atoms with Crippen molar-refractivity contribution in [1.82, 2.24) is 14.7 Å². The molecule has 1 atom stereocenters. The molecule has 1 saturated heterocycles. The van der Waals surface area contributed by atoms with E-state index >= 15 is 0 Å². The first-order valence-corrected chi connectivity index (χ1v) is 15.5. The number of carboxylic acid groups (broad SMARTS) is 1. The van der Waals surface area contributed by atoms with Crippen molar-refractivity contribution in [3.05, 3.63) is 100 Å². The molecule has 0 spiro atoms. The Kier molecular flexibility index (Phi) is 8.06. The number of piperidine rings is 1.